The van der Waals surface area contributed by atoms with Crippen LogP contribution in [-0.4, -0.2) is 22.8 Å². The molecule has 0 saturated carbocycles. The first-order chi connectivity index (χ1) is 10.2. The number of rotatable bonds is 8. The molecule has 1 aromatic carbocycles. The van der Waals surface area contributed by atoms with Crippen LogP contribution in [0.4, 0.5) is 0 Å². The highest BCUT2D eigenvalue weighted by Gasteiger charge is 2.12. The summed E-state index contributed by atoms with van der Waals surface area (Å²) in [5.41, 5.74) is 9.10. The van der Waals surface area contributed by atoms with Crippen LogP contribution >= 0.6 is 0 Å². The molecule has 0 aliphatic heterocycles. The minimum atomic E-state index is 0.557. The van der Waals surface area contributed by atoms with Gasteiger partial charge in [0.05, 0.1) is 17.6 Å². The van der Waals surface area contributed by atoms with Crippen molar-refractivity contribution in [3.8, 4) is 0 Å². The van der Waals surface area contributed by atoms with E-state index in [1.165, 1.54) is 5.52 Å². The Morgan fingerprint density at radius 3 is 2.76 bits per heavy atom. The summed E-state index contributed by atoms with van der Waals surface area (Å²) >= 11 is 0. The molecule has 0 aliphatic rings. The van der Waals surface area contributed by atoms with Gasteiger partial charge in [-0.1, -0.05) is 26.8 Å². The smallest absolute Gasteiger partial charge is 0.112 e. The molecule has 0 unspecified atom stereocenters. The van der Waals surface area contributed by atoms with Gasteiger partial charge in [0.2, 0.25) is 0 Å². The second-order valence-corrected chi connectivity index (χ2v) is 5.92. The molecule has 4 heteroatoms. The SMILES string of the molecule is CCCOCCc1nc2cc(CN)ccc2n1CC(C)C. The second-order valence-electron chi connectivity index (χ2n) is 5.92. The van der Waals surface area contributed by atoms with Crippen molar-refractivity contribution in [2.75, 3.05) is 13.2 Å². The molecule has 4 nitrogen and oxygen atoms in total. The summed E-state index contributed by atoms with van der Waals surface area (Å²) in [6, 6.07) is 6.34. The minimum Gasteiger partial charge on any atom is -0.381 e. The largest absolute Gasteiger partial charge is 0.381 e. The van der Waals surface area contributed by atoms with Gasteiger partial charge in [-0.3, -0.25) is 0 Å². The van der Waals surface area contributed by atoms with E-state index in [0.717, 1.165) is 49.5 Å². The van der Waals surface area contributed by atoms with Gasteiger partial charge in [0.15, 0.2) is 0 Å². The zero-order valence-electron chi connectivity index (χ0n) is 13.4. The molecular formula is C17H27N3O. The molecule has 0 fully saturated rings. The van der Waals surface area contributed by atoms with Crippen LogP contribution in [-0.2, 0) is 24.2 Å². The Kier molecular flexibility index (Phi) is 5.76. The third-order valence-electron chi connectivity index (χ3n) is 3.49. The third-order valence-corrected chi connectivity index (χ3v) is 3.49. The molecule has 0 radical (unpaired) electrons. The van der Waals surface area contributed by atoms with Crippen molar-refractivity contribution >= 4 is 11.0 Å². The molecule has 0 aliphatic carbocycles. The summed E-state index contributed by atoms with van der Waals surface area (Å²) in [5.74, 6) is 1.70. The summed E-state index contributed by atoms with van der Waals surface area (Å²) in [6.07, 6.45) is 1.92. The molecule has 2 N–H and O–H groups in total. The number of nitrogens with two attached hydrogens (primary N) is 1. The van der Waals surface area contributed by atoms with E-state index in [2.05, 4.69) is 43.5 Å². The molecule has 0 amide bonds. The summed E-state index contributed by atoms with van der Waals surface area (Å²) in [4.78, 5) is 4.80. The molecule has 116 valence electrons. The first-order valence-electron chi connectivity index (χ1n) is 7.91. The lowest BCUT2D eigenvalue weighted by atomic mass is 10.2. The van der Waals surface area contributed by atoms with Gasteiger partial charge in [0.25, 0.3) is 0 Å². The van der Waals surface area contributed by atoms with Crippen molar-refractivity contribution in [1.29, 1.82) is 0 Å². The number of fused-ring (bicyclic) bond motifs is 1. The molecule has 0 bridgehead atoms. The van der Waals surface area contributed by atoms with Gasteiger partial charge in [-0.15, -0.1) is 0 Å². The molecular weight excluding hydrogens is 262 g/mol. The van der Waals surface area contributed by atoms with E-state index in [1.807, 2.05) is 0 Å². The number of imidazole rings is 1. The van der Waals surface area contributed by atoms with Crippen LogP contribution in [0.5, 0.6) is 0 Å². The second kappa shape index (κ2) is 7.57. The fraction of sp³-hybridized carbons (Fsp3) is 0.588. The maximum absolute atomic E-state index is 5.73. The Balaban J connectivity index is 2.27. The van der Waals surface area contributed by atoms with E-state index in [1.54, 1.807) is 0 Å². The van der Waals surface area contributed by atoms with E-state index in [-0.39, 0.29) is 0 Å². The van der Waals surface area contributed by atoms with E-state index in [0.29, 0.717) is 12.5 Å². The van der Waals surface area contributed by atoms with Crippen LogP contribution < -0.4 is 5.73 Å². The predicted molar refractivity (Wildman–Crippen MR) is 87.3 cm³/mol. The van der Waals surface area contributed by atoms with E-state index in [4.69, 9.17) is 15.5 Å². The molecule has 0 spiro atoms. The van der Waals surface area contributed by atoms with Crippen molar-refractivity contribution in [3.63, 3.8) is 0 Å². The Hall–Kier alpha value is -1.39. The van der Waals surface area contributed by atoms with Gasteiger partial charge >= 0.3 is 0 Å². The average Bonchev–Trinajstić information content (AvgIpc) is 2.80. The van der Waals surface area contributed by atoms with Crippen molar-refractivity contribution in [3.05, 3.63) is 29.6 Å². The monoisotopic (exact) mass is 289 g/mol. The highest BCUT2D eigenvalue weighted by Crippen LogP contribution is 2.20. The number of aromatic nitrogens is 2. The van der Waals surface area contributed by atoms with Crippen LogP contribution in [0, 0.1) is 5.92 Å². The zero-order valence-corrected chi connectivity index (χ0v) is 13.4. The number of hydrogen-bond acceptors (Lipinski definition) is 3. The number of nitrogens with zero attached hydrogens (tertiary/aromatic N) is 2. The van der Waals surface area contributed by atoms with Gasteiger partial charge in [0, 0.05) is 26.1 Å². The molecule has 2 aromatic rings. The average molecular weight is 289 g/mol. The standard InChI is InChI=1S/C17H27N3O/c1-4-8-21-9-7-17-19-15-10-14(11-18)5-6-16(15)20(17)12-13(2)3/h5-6,10,13H,4,7-9,11-12,18H2,1-3H3. The Morgan fingerprint density at radius 1 is 1.29 bits per heavy atom. The summed E-state index contributed by atoms with van der Waals surface area (Å²) in [7, 11) is 0. The fourth-order valence-corrected chi connectivity index (χ4v) is 2.52. The normalized spacial score (nSPS) is 11.7. The van der Waals surface area contributed by atoms with E-state index >= 15 is 0 Å². The summed E-state index contributed by atoms with van der Waals surface area (Å²) in [6.45, 7) is 9.70. The maximum atomic E-state index is 5.73. The van der Waals surface area contributed by atoms with Crippen LogP contribution in [0.1, 0.15) is 38.6 Å². The van der Waals surface area contributed by atoms with Crippen molar-refractivity contribution < 1.29 is 4.74 Å². The zero-order chi connectivity index (χ0) is 15.2. The third kappa shape index (κ3) is 4.05. The Bertz CT molecular complexity index is 575. The Labute approximate surface area is 127 Å². The van der Waals surface area contributed by atoms with Gasteiger partial charge < -0.3 is 15.0 Å². The van der Waals surface area contributed by atoms with Crippen LogP contribution in [0.25, 0.3) is 11.0 Å². The molecule has 2 rings (SSSR count). The number of ether oxygens (including phenoxy) is 1. The van der Waals surface area contributed by atoms with Crippen LogP contribution in [0.3, 0.4) is 0 Å². The highest BCUT2D eigenvalue weighted by molar-refractivity contribution is 5.77. The number of hydrogen-bond donors (Lipinski definition) is 1. The van der Waals surface area contributed by atoms with Gasteiger partial charge in [0.1, 0.15) is 5.82 Å². The molecule has 1 heterocycles. The van der Waals surface area contributed by atoms with Crippen molar-refractivity contribution in [1.82, 2.24) is 9.55 Å². The molecule has 21 heavy (non-hydrogen) atoms. The van der Waals surface area contributed by atoms with Crippen molar-refractivity contribution in [2.45, 2.75) is 46.7 Å². The van der Waals surface area contributed by atoms with Crippen LogP contribution in [0.2, 0.25) is 0 Å². The fourth-order valence-electron chi connectivity index (χ4n) is 2.52. The molecule has 0 saturated heterocycles. The first kappa shape index (κ1) is 16.0. The molecule has 1 aromatic heterocycles. The lowest BCUT2D eigenvalue weighted by Crippen LogP contribution is -2.11. The summed E-state index contributed by atoms with van der Waals surface area (Å²) in [5, 5.41) is 0. The first-order valence-corrected chi connectivity index (χ1v) is 7.91. The minimum absolute atomic E-state index is 0.557. The summed E-state index contributed by atoms with van der Waals surface area (Å²) < 4.78 is 7.94. The quantitative estimate of drug-likeness (QED) is 0.760. The van der Waals surface area contributed by atoms with Crippen molar-refractivity contribution in [2.24, 2.45) is 11.7 Å². The molecule has 0 atom stereocenters. The maximum Gasteiger partial charge on any atom is 0.112 e. The Morgan fingerprint density at radius 2 is 2.10 bits per heavy atom. The van der Waals surface area contributed by atoms with Gasteiger partial charge in [-0.2, -0.15) is 0 Å². The number of benzene rings is 1. The lowest BCUT2D eigenvalue weighted by Gasteiger charge is -2.12. The lowest BCUT2D eigenvalue weighted by molar-refractivity contribution is 0.136. The van der Waals surface area contributed by atoms with Gasteiger partial charge in [-0.05, 0) is 30.0 Å². The predicted octanol–water partition coefficient (Wildman–Crippen LogP) is 3.12. The van der Waals surface area contributed by atoms with E-state index < -0.39 is 0 Å². The topological polar surface area (TPSA) is 53.1 Å². The van der Waals surface area contributed by atoms with Crippen LogP contribution in [0.15, 0.2) is 18.2 Å². The van der Waals surface area contributed by atoms with Gasteiger partial charge in [-0.25, -0.2) is 4.98 Å². The highest BCUT2D eigenvalue weighted by atomic mass is 16.5. The van der Waals surface area contributed by atoms with E-state index in [9.17, 15) is 0 Å².